The fourth-order valence-corrected chi connectivity index (χ4v) is 5.17. The average Bonchev–Trinajstić information content (AvgIpc) is 2.81. The van der Waals surface area contributed by atoms with Crippen LogP contribution in [0.15, 0.2) is 65.6 Å². The summed E-state index contributed by atoms with van der Waals surface area (Å²) in [5.74, 6) is -0.0762. The average molecular weight is 555 g/mol. The molecular formula is C26H26ClF3N2O4S. The van der Waals surface area contributed by atoms with E-state index in [4.69, 9.17) is 16.3 Å². The molecule has 0 atom stereocenters. The zero-order valence-corrected chi connectivity index (χ0v) is 22.0. The number of sulfonamides is 1. The molecule has 1 N–H and O–H groups in total. The highest BCUT2D eigenvalue weighted by Crippen LogP contribution is 2.38. The molecule has 11 heteroatoms. The lowest BCUT2D eigenvalue weighted by molar-refractivity contribution is -0.137. The Morgan fingerprint density at radius 3 is 2.24 bits per heavy atom. The molecule has 0 bridgehead atoms. The summed E-state index contributed by atoms with van der Waals surface area (Å²) in [6.45, 7) is 5.01. The Kier molecular flexibility index (Phi) is 8.76. The maximum Gasteiger partial charge on any atom is 0.417 e. The predicted octanol–water partition coefficient (Wildman–Crippen LogP) is 5.67. The Labute approximate surface area is 219 Å². The number of alkyl halides is 3. The molecule has 3 aromatic rings. The first-order valence-electron chi connectivity index (χ1n) is 11.2. The normalized spacial score (nSPS) is 11.8. The van der Waals surface area contributed by atoms with Gasteiger partial charge in [-0.15, -0.1) is 0 Å². The lowest BCUT2D eigenvalue weighted by atomic mass is 10.1. The van der Waals surface area contributed by atoms with Gasteiger partial charge in [-0.1, -0.05) is 47.0 Å². The van der Waals surface area contributed by atoms with Crippen LogP contribution in [-0.2, 0) is 21.0 Å². The van der Waals surface area contributed by atoms with Gasteiger partial charge < -0.3 is 10.1 Å². The van der Waals surface area contributed by atoms with Gasteiger partial charge >= 0.3 is 6.18 Å². The first kappa shape index (κ1) is 28.3. The van der Waals surface area contributed by atoms with E-state index in [-0.39, 0.29) is 23.7 Å². The SMILES string of the molecule is Cc1ccc(S(=O)(=O)N(CC(=O)NCCOc2ccc(C)cc2C)c2ccc(Cl)c(C(F)(F)F)c2)cc1. The van der Waals surface area contributed by atoms with E-state index in [0.717, 1.165) is 28.8 Å². The number of anilines is 1. The van der Waals surface area contributed by atoms with Gasteiger partial charge in [0.2, 0.25) is 5.91 Å². The molecule has 0 aliphatic carbocycles. The fraction of sp³-hybridized carbons (Fsp3) is 0.269. The van der Waals surface area contributed by atoms with Crippen LogP contribution in [0.5, 0.6) is 5.75 Å². The number of nitrogens with zero attached hydrogens (tertiary/aromatic N) is 1. The molecule has 6 nitrogen and oxygen atoms in total. The molecule has 0 fully saturated rings. The van der Waals surface area contributed by atoms with Gasteiger partial charge in [-0.25, -0.2) is 8.42 Å². The number of carbonyl (C=O) groups excluding carboxylic acids is 1. The van der Waals surface area contributed by atoms with Crippen molar-refractivity contribution in [2.45, 2.75) is 31.8 Å². The van der Waals surface area contributed by atoms with Gasteiger partial charge in [-0.3, -0.25) is 9.10 Å². The van der Waals surface area contributed by atoms with Crippen LogP contribution in [0.3, 0.4) is 0 Å². The number of benzene rings is 3. The summed E-state index contributed by atoms with van der Waals surface area (Å²) in [7, 11) is -4.39. The zero-order chi connectivity index (χ0) is 27.4. The van der Waals surface area contributed by atoms with E-state index in [1.54, 1.807) is 25.1 Å². The number of aryl methyl sites for hydroxylation is 3. The number of rotatable bonds is 9. The number of carbonyl (C=O) groups is 1. The van der Waals surface area contributed by atoms with E-state index in [9.17, 15) is 26.4 Å². The summed E-state index contributed by atoms with van der Waals surface area (Å²) in [6.07, 6.45) is -4.82. The third-order valence-corrected chi connectivity index (χ3v) is 7.57. The summed E-state index contributed by atoms with van der Waals surface area (Å²) in [6, 6.07) is 14.1. The molecule has 0 aromatic heterocycles. The van der Waals surface area contributed by atoms with Crippen molar-refractivity contribution < 1.29 is 31.1 Å². The first-order chi connectivity index (χ1) is 17.3. The van der Waals surface area contributed by atoms with Crippen LogP contribution in [0.25, 0.3) is 0 Å². The third kappa shape index (κ3) is 7.17. The van der Waals surface area contributed by atoms with Crippen molar-refractivity contribution >= 4 is 33.2 Å². The quantitative estimate of drug-likeness (QED) is 0.346. The summed E-state index contributed by atoms with van der Waals surface area (Å²) < 4.78 is 73.5. The maximum absolute atomic E-state index is 13.5. The van der Waals surface area contributed by atoms with Gasteiger partial charge in [0.15, 0.2) is 0 Å². The number of nitrogens with one attached hydrogen (secondary N) is 1. The standard InChI is InChI=1S/C26H26ClF3N2O4S/c1-17-4-8-21(9-5-17)37(34,35)32(20-7-10-23(27)22(15-20)26(28,29)30)16-25(33)31-12-13-36-24-11-6-18(2)14-19(24)3/h4-11,14-15H,12-13,16H2,1-3H3,(H,31,33). The molecule has 0 aliphatic rings. The Morgan fingerprint density at radius 1 is 0.973 bits per heavy atom. The molecule has 0 heterocycles. The van der Waals surface area contributed by atoms with E-state index >= 15 is 0 Å². The van der Waals surface area contributed by atoms with E-state index in [1.165, 1.54) is 12.1 Å². The van der Waals surface area contributed by atoms with Crippen molar-refractivity contribution in [3.05, 3.63) is 87.9 Å². The van der Waals surface area contributed by atoms with Gasteiger partial charge in [0, 0.05) is 0 Å². The molecule has 198 valence electrons. The van der Waals surface area contributed by atoms with Gasteiger partial charge in [0.05, 0.1) is 27.7 Å². The van der Waals surface area contributed by atoms with Crippen LogP contribution >= 0.6 is 11.6 Å². The lowest BCUT2D eigenvalue weighted by Gasteiger charge is -2.25. The molecule has 0 aliphatic heterocycles. The van der Waals surface area contributed by atoms with E-state index in [1.807, 2.05) is 26.0 Å². The largest absolute Gasteiger partial charge is 0.491 e. The Balaban J connectivity index is 1.82. The van der Waals surface area contributed by atoms with Crippen LogP contribution < -0.4 is 14.4 Å². The van der Waals surface area contributed by atoms with Crippen LogP contribution in [-0.4, -0.2) is 34.0 Å². The topological polar surface area (TPSA) is 75.7 Å². The molecule has 1 amide bonds. The zero-order valence-electron chi connectivity index (χ0n) is 20.4. The minimum absolute atomic E-state index is 0.0546. The number of amides is 1. The van der Waals surface area contributed by atoms with Crippen molar-refractivity contribution in [3.8, 4) is 5.75 Å². The number of hydrogen-bond acceptors (Lipinski definition) is 4. The van der Waals surface area contributed by atoms with Crippen LogP contribution in [0.4, 0.5) is 18.9 Å². The van der Waals surface area contributed by atoms with Crippen molar-refractivity contribution in [2.24, 2.45) is 0 Å². The number of hydrogen-bond donors (Lipinski definition) is 1. The summed E-state index contributed by atoms with van der Waals surface area (Å²) in [5, 5.41) is 1.97. The molecule has 37 heavy (non-hydrogen) atoms. The fourth-order valence-electron chi connectivity index (χ4n) is 3.54. The van der Waals surface area contributed by atoms with Crippen LogP contribution in [0.2, 0.25) is 5.02 Å². The maximum atomic E-state index is 13.5. The van der Waals surface area contributed by atoms with Crippen molar-refractivity contribution in [2.75, 3.05) is 24.0 Å². The highest BCUT2D eigenvalue weighted by atomic mass is 35.5. The van der Waals surface area contributed by atoms with Crippen molar-refractivity contribution in [1.29, 1.82) is 0 Å². The molecule has 3 aromatic carbocycles. The van der Waals surface area contributed by atoms with Gasteiger partial charge in [0.25, 0.3) is 10.0 Å². The lowest BCUT2D eigenvalue weighted by Crippen LogP contribution is -2.42. The Hall–Kier alpha value is -3.24. The van der Waals surface area contributed by atoms with Gasteiger partial charge in [-0.2, -0.15) is 13.2 Å². The van der Waals surface area contributed by atoms with Crippen LogP contribution in [0, 0.1) is 20.8 Å². The van der Waals surface area contributed by atoms with E-state index in [2.05, 4.69) is 5.32 Å². The summed E-state index contributed by atoms with van der Waals surface area (Å²) in [4.78, 5) is 12.5. The number of ether oxygens (including phenoxy) is 1. The summed E-state index contributed by atoms with van der Waals surface area (Å²) in [5.41, 5.74) is 1.23. The highest BCUT2D eigenvalue weighted by molar-refractivity contribution is 7.92. The van der Waals surface area contributed by atoms with Crippen molar-refractivity contribution in [1.82, 2.24) is 5.32 Å². The first-order valence-corrected chi connectivity index (χ1v) is 13.0. The Morgan fingerprint density at radius 2 is 1.62 bits per heavy atom. The molecule has 0 spiro atoms. The minimum atomic E-state index is -4.82. The van der Waals surface area contributed by atoms with Crippen molar-refractivity contribution in [3.63, 3.8) is 0 Å². The molecule has 0 radical (unpaired) electrons. The molecule has 0 saturated carbocycles. The van der Waals surface area contributed by atoms with E-state index in [0.29, 0.717) is 16.1 Å². The smallest absolute Gasteiger partial charge is 0.417 e. The highest BCUT2D eigenvalue weighted by Gasteiger charge is 2.35. The van der Waals surface area contributed by atoms with Gasteiger partial charge in [-0.05, 0) is 62.7 Å². The second-order valence-electron chi connectivity index (χ2n) is 8.45. The van der Waals surface area contributed by atoms with Crippen LogP contribution in [0.1, 0.15) is 22.3 Å². The monoisotopic (exact) mass is 554 g/mol. The molecule has 0 saturated heterocycles. The molecule has 0 unspecified atom stereocenters. The number of halogens is 4. The molecule has 3 rings (SSSR count). The Bertz CT molecular complexity index is 1380. The third-order valence-electron chi connectivity index (χ3n) is 5.45. The van der Waals surface area contributed by atoms with E-state index < -0.39 is 39.2 Å². The van der Waals surface area contributed by atoms with Gasteiger partial charge in [0.1, 0.15) is 18.9 Å². The second-order valence-corrected chi connectivity index (χ2v) is 10.7. The minimum Gasteiger partial charge on any atom is -0.491 e. The summed E-state index contributed by atoms with van der Waals surface area (Å²) >= 11 is 5.71. The second kappa shape index (κ2) is 11.4. The predicted molar refractivity (Wildman–Crippen MR) is 137 cm³/mol. The molecular weight excluding hydrogens is 529 g/mol.